The number of aromatic amines is 1. The standard InChI is InChI=1S/C12H9BrN2S.C11H7BrN2O/c1-16-12-9(7-14)6-11(15-12)8-2-4-10(13)5-3-8;12-10-3-1-9(2-4-10)11(15)5-8(6-13)7-14/h2-6,15H,1H3;1-4,8H,5H2. The van der Waals surface area contributed by atoms with Crippen LogP contribution in [0.25, 0.3) is 11.3 Å². The summed E-state index contributed by atoms with van der Waals surface area (Å²) in [5.41, 5.74) is 3.28. The van der Waals surface area contributed by atoms with Crippen molar-refractivity contribution in [1.82, 2.24) is 4.98 Å². The van der Waals surface area contributed by atoms with Crippen LogP contribution in [0.15, 0.2) is 68.6 Å². The lowest BCUT2D eigenvalue weighted by Crippen LogP contribution is -2.05. The van der Waals surface area contributed by atoms with E-state index in [4.69, 9.17) is 15.8 Å². The number of nitrogens with one attached hydrogen (secondary N) is 1. The van der Waals surface area contributed by atoms with Crippen molar-refractivity contribution >= 4 is 49.4 Å². The van der Waals surface area contributed by atoms with Gasteiger partial charge in [0.25, 0.3) is 0 Å². The van der Waals surface area contributed by atoms with Crippen LogP contribution >= 0.6 is 43.6 Å². The van der Waals surface area contributed by atoms with E-state index >= 15 is 0 Å². The number of H-pyrrole nitrogens is 1. The second kappa shape index (κ2) is 12.1. The Balaban J connectivity index is 0.000000221. The molecule has 0 bridgehead atoms. The van der Waals surface area contributed by atoms with Crippen molar-refractivity contribution in [2.45, 2.75) is 11.4 Å². The average molecular weight is 556 g/mol. The minimum Gasteiger partial charge on any atom is -0.349 e. The lowest BCUT2D eigenvalue weighted by Gasteiger charge is -2.00. The van der Waals surface area contributed by atoms with Crippen molar-refractivity contribution in [3.05, 3.63) is 74.7 Å². The van der Waals surface area contributed by atoms with E-state index in [0.717, 1.165) is 25.2 Å². The highest BCUT2D eigenvalue weighted by molar-refractivity contribution is 9.10. The SMILES string of the molecule is CSc1[nH]c(-c2ccc(Br)cc2)cc1C#N.N#CC(C#N)CC(=O)c1ccc(Br)cc1. The summed E-state index contributed by atoms with van der Waals surface area (Å²) in [4.78, 5) is 14.8. The van der Waals surface area contributed by atoms with E-state index in [2.05, 4.69) is 42.9 Å². The molecule has 1 N–H and O–H groups in total. The second-order valence-electron chi connectivity index (χ2n) is 6.19. The molecule has 0 aliphatic rings. The highest BCUT2D eigenvalue weighted by Gasteiger charge is 2.13. The minimum atomic E-state index is -0.860. The number of ketones is 1. The first kappa shape index (κ1) is 24.4. The Morgan fingerprint density at radius 3 is 2.00 bits per heavy atom. The van der Waals surface area contributed by atoms with Crippen LogP contribution in [0.5, 0.6) is 0 Å². The number of hydrogen-bond donors (Lipinski definition) is 1. The summed E-state index contributed by atoms with van der Waals surface area (Å²) in [6.45, 7) is 0. The van der Waals surface area contributed by atoms with Crippen molar-refractivity contribution in [3.8, 4) is 29.5 Å². The summed E-state index contributed by atoms with van der Waals surface area (Å²) in [5.74, 6) is -1.04. The van der Waals surface area contributed by atoms with Crippen LogP contribution in [0.1, 0.15) is 22.3 Å². The third-order valence-electron chi connectivity index (χ3n) is 4.13. The topological polar surface area (TPSA) is 104 Å². The monoisotopic (exact) mass is 554 g/mol. The van der Waals surface area contributed by atoms with Gasteiger partial charge in [0, 0.05) is 26.6 Å². The van der Waals surface area contributed by atoms with Crippen LogP contribution in [0, 0.1) is 39.9 Å². The van der Waals surface area contributed by atoms with Crippen molar-refractivity contribution in [2.75, 3.05) is 6.26 Å². The number of benzene rings is 2. The van der Waals surface area contributed by atoms with Crippen molar-refractivity contribution in [2.24, 2.45) is 5.92 Å². The van der Waals surface area contributed by atoms with E-state index in [0.29, 0.717) is 11.1 Å². The zero-order chi connectivity index (χ0) is 22.8. The molecule has 0 amide bonds. The van der Waals surface area contributed by atoms with Crippen LogP contribution in [0.4, 0.5) is 0 Å². The van der Waals surface area contributed by atoms with Gasteiger partial charge in [-0.25, -0.2) is 0 Å². The molecule has 3 aromatic rings. The number of hydrogen-bond acceptors (Lipinski definition) is 5. The molecule has 0 saturated carbocycles. The number of aromatic nitrogens is 1. The molecule has 0 atom stereocenters. The van der Waals surface area contributed by atoms with Crippen LogP contribution in [-0.4, -0.2) is 17.0 Å². The van der Waals surface area contributed by atoms with E-state index in [-0.39, 0.29) is 12.2 Å². The number of carbonyl (C=O) groups is 1. The number of nitriles is 3. The highest BCUT2D eigenvalue weighted by atomic mass is 79.9. The molecule has 0 spiro atoms. The van der Waals surface area contributed by atoms with Crippen LogP contribution in [-0.2, 0) is 0 Å². The van der Waals surface area contributed by atoms with Gasteiger partial charge in [-0.05, 0) is 42.2 Å². The van der Waals surface area contributed by atoms with Gasteiger partial charge in [0.1, 0.15) is 12.0 Å². The average Bonchev–Trinajstić information content (AvgIpc) is 3.22. The fraction of sp³-hybridized carbons (Fsp3) is 0.130. The number of carbonyl (C=O) groups excluding carboxylic acids is 1. The van der Waals surface area contributed by atoms with Crippen LogP contribution < -0.4 is 0 Å². The van der Waals surface area contributed by atoms with Gasteiger partial charge in [-0.1, -0.05) is 56.1 Å². The maximum Gasteiger partial charge on any atom is 0.165 e. The predicted molar refractivity (Wildman–Crippen MR) is 128 cm³/mol. The van der Waals surface area contributed by atoms with Crippen LogP contribution in [0.3, 0.4) is 0 Å². The second-order valence-corrected chi connectivity index (χ2v) is 8.84. The molecule has 8 heteroatoms. The van der Waals surface area contributed by atoms with Gasteiger partial charge in [-0.3, -0.25) is 4.79 Å². The molecule has 0 radical (unpaired) electrons. The van der Waals surface area contributed by atoms with Gasteiger partial charge >= 0.3 is 0 Å². The Hall–Kier alpha value is -2.83. The summed E-state index contributed by atoms with van der Waals surface area (Å²) < 4.78 is 1.93. The van der Waals surface area contributed by atoms with Crippen molar-refractivity contribution in [3.63, 3.8) is 0 Å². The maximum atomic E-state index is 11.6. The molecule has 0 saturated heterocycles. The Labute approximate surface area is 202 Å². The quantitative estimate of drug-likeness (QED) is 0.278. The Kier molecular flexibility index (Phi) is 9.56. The molecular weight excluding hydrogens is 540 g/mol. The van der Waals surface area contributed by atoms with Gasteiger partial charge in [0.15, 0.2) is 5.78 Å². The first-order valence-electron chi connectivity index (χ1n) is 8.92. The number of thioether (sulfide) groups is 1. The largest absolute Gasteiger partial charge is 0.349 e. The number of nitrogens with zero attached hydrogens (tertiary/aromatic N) is 3. The van der Waals surface area contributed by atoms with Gasteiger partial charge in [0.2, 0.25) is 0 Å². The summed E-state index contributed by atoms with van der Waals surface area (Å²) >= 11 is 8.21. The minimum absolute atomic E-state index is 0.0470. The molecule has 3 rings (SSSR count). The molecule has 0 fully saturated rings. The van der Waals surface area contributed by atoms with Gasteiger partial charge in [-0.15, -0.1) is 11.8 Å². The molecule has 1 aromatic heterocycles. The number of rotatable bonds is 5. The lowest BCUT2D eigenvalue weighted by atomic mass is 10.0. The number of Topliss-reactive ketones (excluding diaryl/α,β-unsaturated/α-hetero) is 1. The van der Waals surface area contributed by atoms with E-state index in [9.17, 15) is 4.79 Å². The smallest absolute Gasteiger partial charge is 0.165 e. The molecule has 0 aliphatic heterocycles. The zero-order valence-corrected chi connectivity index (χ0v) is 20.4. The first-order valence-corrected chi connectivity index (χ1v) is 11.7. The van der Waals surface area contributed by atoms with Crippen LogP contribution in [0.2, 0.25) is 0 Å². The van der Waals surface area contributed by atoms with Gasteiger partial charge in [0.05, 0.1) is 22.7 Å². The zero-order valence-electron chi connectivity index (χ0n) is 16.4. The first-order chi connectivity index (χ1) is 14.9. The Bertz CT molecular complexity index is 1150. The maximum absolute atomic E-state index is 11.6. The summed E-state index contributed by atoms with van der Waals surface area (Å²) in [6, 6.07) is 22.5. The predicted octanol–water partition coefficient (Wildman–Crippen LogP) is 6.72. The van der Waals surface area contributed by atoms with E-state index in [1.165, 1.54) is 0 Å². The molecule has 2 aromatic carbocycles. The van der Waals surface area contributed by atoms with Crippen molar-refractivity contribution < 1.29 is 4.79 Å². The Morgan fingerprint density at radius 1 is 1.00 bits per heavy atom. The van der Waals surface area contributed by atoms with E-state index in [1.807, 2.05) is 36.6 Å². The molecule has 0 unspecified atom stereocenters. The molecule has 154 valence electrons. The fourth-order valence-electron chi connectivity index (χ4n) is 2.52. The highest BCUT2D eigenvalue weighted by Crippen LogP contribution is 2.27. The summed E-state index contributed by atoms with van der Waals surface area (Å²) in [7, 11) is 0. The molecule has 5 nitrogen and oxygen atoms in total. The summed E-state index contributed by atoms with van der Waals surface area (Å²) in [5, 5.41) is 26.9. The van der Waals surface area contributed by atoms with Gasteiger partial charge < -0.3 is 4.98 Å². The molecule has 1 heterocycles. The Morgan fingerprint density at radius 2 is 1.55 bits per heavy atom. The molecule has 31 heavy (non-hydrogen) atoms. The fourth-order valence-corrected chi connectivity index (χ4v) is 3.59. The third kappa shape index (κ3) is 7.12. The van der Waals surface area contributed by atoms with E-state index < -0.39 is 5.92 Å². The molecule has 0 aliphatic carbocycles. The van der Waals surface area contributed by atoms with Crippen molar-refractivity contribution in [1.29, 1.82) is 15.8 Å². The lowest BCUT2D eigenvalue weighted by molar-refractivity contribution is 0.0976. The normalized spacial score (nSPS) is 9.71. The third-order valence-corrected chi connectivity index (χ3v) is 5.92. The van der Waals surface area contributed by atoms with E-state index in [1.54, 1.807) is 48.2 Å². The summed E-state index contributed by atoms with van der Waals surface area (Å²) in [6.07, 6.45) is 1.91. The molecular formula is C23H16Br2N4OS. The number of halogens is 2. The van der Waals surface area contributed by atoms with Gasteiger partial charge in [-0.2, -0.15) is 15.8 Å².